The Bertz CT molecular complexity index is 104. The second kappa shape index (κ2) is 2.89. The molecule has 1 rings (SSSR count). The van der Waals surface area contributed by atoms with E-state index < -0.39 is 5.60 Å². The van der Waals surface area contributed by atoms with Gasteiger partial charge in [0, 0.05) is 13.0 Å². The Hall–Kier alpha value is -0.0800. The highest BCUT2D eigenvalue weighted by Crippen LogP contribution is 2.25. The second-order valence-corrected chi connectivity index (χ2v) is 3.62. The summed E-state index contributed by atoms with van der Waals surface area (Å²) in [6.45, 7) is 5.50. The van der Waals surface area contributed by atoms with Gasteiger partial charge in [0.05, 0.1) is 12.2 Å². The van der Waals surface area contributed by atoms with Crippen molar-refractivity contribution in [1.82, 2.24) is 0 Å². The molecular weight excluding hydrogens is 128 g/mol. The lowest BCUT2D eigenvalue weighted by atomic mass is 9.92. The van der Waals surface area contributed by atoms with Gasteiger partial charge in [0.1, 0.15) is 0 Å². The van der Waals surface area contributed by atoms with Crippen LogP contribution < -0.4 is 0 Å². The monoisotopic (exact) mass is 144 g/mol. The van der Waals surface area contributed by atoms with Crippen LogP contribution in [0.5, 0.6) is 0 Å². The van der Waals surface area contributed by atoms with Crippen molar-refractivity contribution in [2.24, 2.45) is 5.92 Å². The smallest absolute Gasteiger partial charge is 0.0904 e. The number of hydrogen-bond acceptors (Lipinski definition) is 2. The summed E-state index contributed by atoms with van der Waals surface area (Å²) in [5.41, 5.74) is -0.506. The second-order valence-electron chi connectivity index (χ2n) is 3.62. The van der Waals surface area contributed by atoms with Crippen molar-refractivity contribution in [2.45, 2.75) is 32.3 Å². The fourth-order valence-corrected chi connectivity index (χ4v) is 1.52. The van der Waals surface area contributed by atoms with Crippen molar-refractivity contribution in [3.8, 4) is 0 Å². The van der Waals surface area contributed by atoms with Crippen LogP contribution in [-0.4, -0.2) is 23.9 Å². The maximum absolute atomic E-state index is 9.74. The molecule has 1 fully saturated rings. The van der Waals surface area contributed by atoms with Gasteiger partial charge in [0.15, 0.2) is 0 Å². The molecule has 0 aromatic rings. The summed E-state index contributed by atoms with van der Waals surface area (Å²) in [6.07, 6.45) is 1.68. The number of aliphatic hydroxyl groups is 1. The molecule has 0 bridgehead atoms. The van der Waals surface area contributed by atoms with Gasteiger partial charge < -0.3 is 9.84 Å². The van der Waals surface area contributed by atoms with Gasteiger partial charge in [-0.05, 0) is 12.3 Å². The third kappa shape index (κ3) is 1.96. The Kier molecular flexibility index (Phi) is 2.32. The van der Waals surface area contributed by atoms with E-state index >= 15 is 0 Å². The molecule has 60 valence electrons. The van der Waals surface area contributed by atoms with Crippen LogP contribution >= 0.6 is 0 Å². The molecule has 0 radical (unpaired) electrons. The molecule has 10 heavy (non-hydrogen) atoms. The molecule has 1 heterocycles. The lowest BCUT2D eigenvalue weighted by Crippen LogP contribution is -2.30. The minimum absolute atomic E-state index is 0.506. The summed E-state index contributed by atoms with van der Waals surface area (Å²) in [5, 5.41) is 9.74. The van der Waals surface area contributed by atoms with Crippen molar-refractivity contribution in [3.63, 3.8) is 0 Å². The van der Waals surface area contributed by atoms with Crippen molar-refractivity contribution in [2.75, 3.05) is 13.2 Å². The molecule has 2 heteroatoms. The van der Waals surface area contributed by atoms with E-state index in [0.717, 1.165) is 19.4 Å². The summed E-state index contributed by atoms with van der Waals surface area (Å²) < 4.78 is 5.11. The molecule has 0 unspecified atom stereocenters. The van der Waals surface area contributed by atoms with Gasteiger partial charge in [-0.2, -0.15) is 0 Å². The van der Waals surface area contributed by atoms with Crippen LogP contribution in [0.2, 0.25) is 0 Å². The van der Waals surface area contributed by atoms with Crippen LogP contribution in [0.25, 0.3) is 0 Å². The summed E-state index contributed by atoms with van der Waals surface area (Å²) >= 11 is 0. The Morgan fingerprint density at radius 2 is 2.30 bits per heavy atom. The zero-order valence-electron chi connectivity index (χ0n) is 6.76. The van der Waals surface area contributed by atoms with E-state index in [2.05, 4.69) is 13.8 Å². The fourth-order valence-electron chi connectivity index (χ4n) is 1.52. The molecule has 0 aromatic heterocycles. The molecule has 1 saturated heterocycles. The zero-order chi connectivity index (χ0) is 7.61. The van der Waals surface area contributed by atoms with E-state index in [9.17, 15) is 5.11 Å². The van der Waals surface area contributed by atoms with Crippen molar-refractivity contribution in [1.29, 1.82) is 0 Å². The first kappa shape index (κ1) is 8.02. The summed E-state index contributed by atoms with van der Waals surface area (Å²) in [5.74, 6) is 0.562. The standard InChI is InChI=1S/C8H16O2/c1-7(2)5-8(9)3-4-10-6-8/h7,9H,3-6H2,1-2H3/t8-/m1/s1. The maximum atomic E-state index is 9.74. The van der Waals surface area contributed by atoms with Crippen molar-refractivity contribution >= 4 is 0 Å². The van der Waals surface area contributed by atoms with Gasteiger partial charge in [-0.3, -0.25) is 0 Å². The maximum Gasteiger partial charge on any atom is 0.0904 e. The number of ether oxygens (including phenoxy) is 1. The van der Waals surface area contributed by atoms with Crippen molar-refractivity contribution < 1.29 is 9.84 Å². The van der Waals surface area contributed by atoms with Crippen LogP contribution in [0.15, 0.2) is 0 Å². The molecule has 0 spiro atoms. The molecule has 1 atom stereocenters. The Balaban J connectivity index is 2.36. The number of rotatable bonds is 2. The van der Waals surface area contributed by atoms with E-state index in [-0.39, 0.29) is 0 Å². The van der Waals surface area contributed by atoms with Gasteiger partial charge >= 0.3 is 0 Å². The van der Waals surface area contributed by atoms with Crippen LogP contribution in [0.3, 0.4) is 0 Å². The number of hydrogen-bond donors (Lipinski definition) is 1. The predicted octanol–water partition coefficient (Wildman–Crippen LogP) is 1.18. The third-order valence-corrected chi connectivity index (χ3v) is 1.87. The average molecular weight is 144 g/mol. The van der Waals surface area contributed by atoms with E-state index in [0.29, 0.717) is 12.5 Å². The average Bonchev–Trinajstić information content (AvgIpc) is 2.12. The minimum Gasteiger partial charge on any atom is -0.387 e. The largest absolute Gasteiger partial charge is 0.387 e. The normalized spacial score (nSPS) is 33.6. The highest BCUT2D eigenvalue weighted by Gasteiger charge is 2.32. The van der Waals surface area contributed by atoms with E-state index in [4.69, 9.17) is 4.74 Å². The Labute approximate surface area is 62.2 Å². The molecule has 0 amide bonds. The first-order valence-corrected chi connectivity index (χ1v) is 3.92. The van der Waals surface area contributed by atoms with Crippen molar-refractivity contribution in [3.05, 3.63) is 0 Å². The van der Waals surface area contributed by atoms with E-state index in [1.54, 1.807) is 0 Å². The Morgan fingerprint density at radius 1 is 1.60 bits per heavy atom. The fraction of sp³-hybridized carbons (Fsp3) is 1.00. The molecule has 1 aliphatic heterocycles. The van der Waals surface area contributed by atoms with E-state index in [1.165, 1.54) is 0 Å². The first-order chi connectivity index (χ1) is 4.62. The van der Waals surface area contributed by atoms with Gasteiger partial charge in [0.25, 0.3) is 0 Å². The highest BCUT2D eigenvalue weighted by molar-refractivity contribution is 4.83. The topological polar surface area (TPSA) is 29.5 Å². The predicted molar refractivity (Wildman–Crippen MR) is 39.8 cm³/mol. The van der Waals surface area contributed by atoms with Gasteiger partial charge in [-0.1, -0.05) is 13.8 Å². The van der Waals surface area contributed by atoms with Gasteiger partial charge in [-0.15, -0.1) is 0 Å². The molecule has 2 nitrogen and oxygen atoms in total. The first-order valence-electron chi connectivity index (χ1n) is 3.92. The van der Waals surface area contributed by atoms with E-state index in [1.807, 2.05) is 0 Å². The molecule has 1 N–H and O–H groups in total. The zero-order valence-corrected chi connectivity index (χ0v) is 6.76. The Morgan fingerprint density at radius 3 is 2.70 bits per heavy atom. The quantitative estimate of drug-likeness (QED) is 0.630. The molecule has 0 saturated carbocycles. The molecule has 0 aromatic carbocycles. The van der Waals surface area contributed by atoms with Crippen LogP contribution in [0.1, 0.15) is 26.7 Å². The SMILES string of the molecule is CC(C)C[C@]1(O)CCOC1. The summed E-state index contributed by atoms with van der Waals surface area (Å²) in [4.78, 5) is 0. The van der Waals surface area contributed by atoms with Crippen LogP contribution in [0.4, 0.5) is 0 Å². The molecule has 1 aliphatic rings. The summed E-state index contributed by atoms with van der Waals surface area (Å²) in [7, 11) is 0. The van der Waals surface area contributed by atoms with Gasteiger partial charge in [-0.25, -0.2) is 0 Å². The minimum atomic E-state index is -0.506. The van der Waals surface area contributed by atoms with Gasteiger partial charge in [0.2, 0.25) is 0 Å². The summed E-state index contributed by atoms with van der Waals surface area (Å²) in [6, 6.07) is 0. The van der Waals surface area contributed by atoms with Crippen LogP contribution in [-0.2, 0) is 4.74 Å². The highest BCUT2D eigenvalue weighted by atomic mass is 16.5. The third-order valence-electron chi connectivity index (χ3n) is 1.87. The molecular formula is C8H16O2. The molecule has 0 aliphatic carbocycles. The lowest BCUT2D eigenvalue weighted by molar-refractivity contribution is 0.00927. The van der Waals surface area contributed by atoms with Crippen LogP contribution in [0, 0.1) is 5.92 Å². The lowest BCUT2D eigenvalue weighted by Gasteiger charge is -2.21.